The number of methoxy groups -OCH3 is 1. The Labute approximate surface area is 165 Å². The highest BCUT2D eigenvalue weighted by molar-refractivity contribution is 5.91. The molecule has 1 unspecified atom stereocenters. The molecule has 0 bridgehead atoms. The van der Waals surface area contributed by atoms with Gasteiger partial charge in [-0.3, -0.25) is 0 Å². The van der Waals surface area contributed by atoms with Crippen molar-refractivity contribution in [2.45, 2.75) is 31.9 Å². The number of benzene rings is 1. The summed E-state index contributed by atoms with van der Waals surface area (Å²) in [7, 11) is 1.66. The van der Waals surface area contributed by atoms with Gasteiger partial charge >= 0.3 is 6.03 Å². The lowest BCUT2D eigenvalue weighted by atomic mass is 10.2. The molecule has 7 heteroatoms. The molecular weight excluding hydrogens is 360 g/mol. The monoisotopic (exact) mass is 388 g/mol. The molecule has 1 saturated heterocycles. The van der Waals surface area contributed by atoms with Crippen LogP contribution in [0.25, 0.3) is 0 Å². The number of anilines is 1. The zero-order chi connectivity index (χ0) is 19.6. The summed E-state index contributed by atoms with van der Waals surface area (Å²) in [5, 5.41) is 2.97. The van der Waals surface area contributed by atoms with Crippen LogP contribution in [0, 0.1) is 0 Å². The molecule has 0 saturated carbocycles. The van der Waals surface area contributed by atoms with E-state index in [2.05, 4.69) is 5.32 Å². The summed E-state index contributed by atoms with van der Waals surface area (Å²) >= 11 is 0. The number of furan rings is 1. The van der Waals surface area contributed by atoms with Crippen LogP contribution in [0.15, 0.2) is 47.1 Å². The van der Waals surface area contributed by atoms with E-state index in [9.17, 15) is 4.79 Å². The average molecular weight is 388 g/mol. The second kappa shape index (κ2) is 10.7. The Morgan fingerprint density at radius 3 is 2.89 bits per heavy atom. The molecule has 0 radical (unpaired) electrons. The van der Waals surface area contributed by atoms with E-state index >= 15 is 0 Å². The fourth-order valence-electron chi connectivity index (χ4n) is 3.12. The van der Waals surface area contributed by atoms with Crippen molar-refractivity contribution in [3.63, 3.8) is 0 Å². The third-order valence-corrected chi connectivity index (χ3v) is 4.54. The smallest absolute Gasteiger partial charge is 0.322 e. The molecule has 1 aliphatic heterocycles. The Bertz CT molecular complexity index is 713. The van der Waals surface area contributed by atoms with Gasteiger partial charge in [0.15, 0.2) is 0 Å². The summed E-state index contributed by atoms with van der Waals surface area (Å²) in [6.07, 6.45) is 4.43. The van der Waals surface area contributed by atoms with Crippen molar-refractivity contribution in [2.24, 2.45) is 0 Å². The van der Waals surface area contributed by atoms with Gasteiger partial charge in [-0.1, -0.05) is 12.1 Å². The van der Waals surface area contributed by atoms with Gasteiger partial charge in [0.1, 0.15) is 11.5 Å². The summed E-state index contributed by atoms with van der Waals surface area (Å²) < 4.78 is 22.0. The van der Waals surface area contributed by atoms with Gasteiger partial charge < -0.3 is 28.8 Å². The Balaban J connectivity index is 1.65. The van der Waals surface area contributed by atoms with Gasteiger partial charge in [0.05, 0.1) is 31.2 Å². The molecule has 7 nitrogen and oxygen atoms in total. The molecule has 1 atom stereocenters. The van der Waals surface area contributed by atoms with E-state index in [-0.39, 0.29) is 12.1 Å². The fraction of sp³-hybridized carbons (Fsp3) is 0.476. The zero-order valence-corrected chi connectivity index (χ0v) is 16.3. The van der Waals surface area contributed by atoms with Crippen LogP contribution >= 0.6 is 0 Å². The molecule has 3 rings (SSSR count). The van der Waals surface area contributed by atoms with Gasteiger partial charge in [0.25, 0.3) is 0 Å². The van der Waals surface area contributed by atoms with E-state index in [4.69, 9.17) is 18.6 Å². The first kappa shape index (κ1) is 20.2. The molecule has 1 aliphatic rings. The lowest BCUT2D eigenvalue weighted by Crippen LogP contribution is -2.39. The Morgan fingerprint density at radius 1 is 1.25 bits per heavy atom. The number of amides is 2. The Morgan fingerprint density at radius 2 is 2.14 bits per heavy atom. The number of carbonyl (C=O) groups excluding carboxylic acids is 1. The van der Waals surface area contributed by atoms with Crippen molar-refractivity contribution < 1.29 is 23.4 Å². The number of carbonyl (C=O) groups is 1. The molecule has 1 aromatic carbocycles. The minimum absolute atomic E-state index is 0.0567. The number of rotatable bonds is 10. The number of hydrogen-bond acceptors (Lipinski definition) is 5. The molecule has 1 N–H and O–H groups in total. The highest BCUT2D eigenvalue weighted by Crippen LogP contribution is 2.25. The van der Waals surface area contributed by atoms with Crippen LogP contribution in [0.1, 0.15) is 25.0 Å². The van der Waals surface area contributed by atoms with Gasteiger partial charge in [-0.15, -0.1) is 0 Å². The van der Waals surface area contributed by atoms with Gasteiger partial charge in [-0.2, -0.15) is 0 Å². The van der Waals surface area contributed by atoms with E-state index in [1.807, 2.05) is 36.4 Å². The molecule has 2 amide bonds. The van der Waals surface area contributed by atoms with Crippen molar-refractivity contribution in [2.75, 3.05) is 38.8 Å². The van der Waals surface area contributed by atoms with E-state index in [1.165, 1.54) is 0 Å². The van der Waals surface area contributed by atoms with Crippen molar-refractivity contribution in [3.05, 3.63) is 48.4 Å². The first-order valence-electron chi connectivity index (χ1n) is 9.67. The summed E-state index contributed by atoms with van der Waals surface area (Å²) in [5.41, 5.74) is 0.640. The number of hydrogen-bond donors (Lipinski definition) is 1. The first-order chi connectivity index (χ1) is 13.8. The second-order valence-electron chi connectivity index (χ2n) is 6.72. The lowest BCUT2D eigenvalue weighted by molar-refractivity contribution is 0.0802. The lowest BCUT2D eigenvalue weighted by Gasteiger charge is -2.25. The van der Waals surface area contributed by atoms with Crippen LogP contribution in [0.4, 0.5) is 10.5 Å². The molecule has 2 heterocycles. The second-order valence-corrected chi connectivity index (χ2v) is 6.72. The van der Waals surface area contributed by atoms with Crippen LogP contribution in [0.3, 0.4) is 0 Å². The maximum absolute atomic E-state index is 13.0. The SMILES string of the molecule is COCCCOc1ccccc1NC(=O)N(Cc1ccco1)CC1CCCO1. The normalized spacial score (nSPS) is 16.1. The number of urea groups is 1. The largest absolute Gasteiger partial charge is 0.491 e. The zero-order valence-electron chi connectivity index (χ0n) is 16.3. The Hall–Kier alpha value is -2.51. The molecule has 152 valence electrons. The minimum atomic E-state index is -0.208. The van der Waals surface area contributed by atoms with Crippen LogP contribution in [-0.2, 0) is 16.0 Å². The van der Waals surface area contributed by atoms with Crippen molar-refractivity contribution in [1.82, 2.24) is 4.90 Å². The highest BCUT2D eigenvalue weighted by atomic mass is 16.5. The van der Waals surface area contributed by atoms with Gasteiger partial charge in [0.2, 0.25) is 0 Å². The van der Waals surface area contributed by atoms with Crippen LogP contribution in [0.2, 0.25) is 0 Å². The fourth-order valence-corrected chi connectivity index (χ4v) is 3.12. The standard InChI is InChI=1S/C21H28N2O5/c1-25-11-6-14-28-20-10-3-2-9-19(20)22-21(24)23(15-17-7-4-12-26-17)16-18-8-5-13-27-18/h2-4,7,9-10,12,18H,5-6,8,11,13-16H2,1H3,(H,22,24). The number of para-hydroxylation sites is 2. The number of nitrogens with zero attached hydrogens (tertiary/aromatic N) is 1. The van der Waals surface area contributed by atoms with E-state index in [1.54, 1.807) is 18.3 Å². The molecule has 1 aromatic heterocycles. The predicted octanol–water partition coefficient (Wildman–Crippen LogP) is 3.91. The third kappa shape index (κ3) is 6.00. The number of nitrogens with one attached hydrogen (secondary N) is 1. The van der Waals surface area contributed by atoms with E-state index < -0.39 is 0 Å². The third-order valence-electron chi connectivity index (χ3n) is 4.54. The molecule has 1 fully saturated rings. The first-order valence-corrected chi connectivity index (χ1v) is 9.67. The van der Waals surface area contributed by atoms with Crippen molar-refractivity contribution >= 4 is 11.7 Å². The summed E-state index contributed by atoms with van der Waals surface area (Å²) in [6, 6.07) is 10.9. The van der Waals surface area contributed by atoms with Crippen LogP contribution < -0.4 is 10.1 Å². The molecule has 0 aliphatic carbocycles. The molecule has 2 aromatic rings. The maximum Gasteiger partial charge on any atom is 0.322 e. The quantitative estimate of drug-likeness (QED) is 0.625. The van der Waals surface area contributed by atoms with E-state index in [0.29, 0.717) is 37.7 Å². The van der Waals surface area contributed by atoms with Crippen LogP contribution in [-0.4, -0.2) is 50.5 Å². The molecule has 0 spiro atoms. The number of ether oxygens (including phenoxy) is 3. The van der Waals surface area contributed by atoms with E-state index in [0.717, 1.165) is 31.6 Å². The minimum Gasteiger partial charge on any atom is -0.491 e. The van der Waals surface area contributed by atoms with Crippen molar-refractivity contribution in [3.8, 4) is 5.75 Å². The van der Waals surface area contributed by atoms with Gasteiger partial charge in [-0.25, -0.2) is 4.79 Å². The predicted molar refractivity (Wildman–Crippen MR) is 106 cm³/mol. The van der Waals surface area contributed by atoms with Gasteiger partial charge in [0, 0.05) is 33.3 Å². The summed E-state index contributed by atoms with van der Waals surface area (Å²) in [5.74, 6) is 1.37. The summed E-state index contributed by atoms with van der Waals surface area (Å²) in [4.78, 5) is 14.7. The maximum atomic E-state index is 13.0. The molecule has 28 heavy (non-hydrogen) atoms. The highest BCUT2D eigenvalue weighted by Gasteiger charge is 2.24. The van der Waals surface area contributed by atoms with Crippen molar-refractivity contribution in [1.29, 1.82) is 0 Å². The van der Waals surface area contributed by atoms with Crippen LogP contribution in [0.5, 0.6) is 5.75 Å². The average Bonchev–Trinajstić information content (AvgIpc) is 3.40. The molecular formula is C21H28N2O5. The topological polar surface area (TPSA) is 73.2 Å². The van der Waals surface area contributed by atoms with Gasteiger partial charge in [-0.05, 0) is 37.1 Å². The summed E-state index contributed by atoms with van der Waals surface area (Å²) in [6.45, 7) is 2.80. The Kier molecular flexibility index (Phi) is 7.75.